The first-order chi connectivity index (χ1) is 13.0. The van der Waals surface area contributed by atoms with E-state index in [1.807, 2.05) is 12.1 Å². The third-order valence-corrected chi connectivity index (χ3v) is 6.01. The molecule has 2 aromatic rings. The van der Waals surface area contributed by atoms with E-state index in [2.05, 4.69) is 31.3 Å². The van der Waals surface area contributed by atoms with Crippen LogP contribution in [0.25, 0.3) is 0 Å². The molecule has 1 N–H and O–H groups in total. The van der Waals surface area contributed by atoms with Crippen molar-refractivity contribution in [3.63, 3.8) is 0 Å². The summed E-state index contributed by atoms with van der Waals surface area (Å²) >= 11 is 6.50. The van der Waals surface area contributed by atoms with E-state index in [1.165, 1.54) is 22.4 Å². The lowest BCUT2D eigenvalue weighted by Gasteiger charge is -2.44. The van der Waals surface area contributed by atoms with E-state index < -0.39 is 0 Å². The van der Waals surface area contributed by atoms with Crippen molar-refractivity contribution in [1.82, 2.24) is 0 Å². The minimum Gasteiger partial charge on any atom is -0.493 e. The maximum atomic E-state index is 6.50. The molecule has 5 heteroatoms. The van der Waals surface area contributed by atoms with Crippen molar-refractivity contribution < 1.29 is 14.2 Å². The lowest BCUT2D eigenvalue weighted by molar-refractivity contribution is -0.0382. The molecule has 0 aliphatic carbocycles. The second kappa shape index (κ2) is 7.25. The number of aryl methyl sites for hydroxylation is 2. The summed E-state index contributed by atoms with van der Waals surface area (Å²) in [5.74, 6) is 1.57. The lowest BCUT2D eigenvalue weighted by Crippen LogP contribution is -2.36. The molecule has 27 heavy (non-hydrogen) atoms. The van der Waals surface area contributed by atoms with E-state index in [4.69, 9.17) is 25.8 Å². The van der Waals surface area contributed by atoms with Gasteiger partial charge in [0.1, 0.15) is 0 Å². The molecule has 0 bridgehead atoms. The van der Waals surface area contributed by atoms with Crippen LogP contribution in [-0.2, 0) is 4.74 Å². The van der Waals surface area contributed by atoms with Crippen molar-refractivity contribution in [3.05, 3.63) is 51.5 Å². The second-order valence-electron chi connectivity index (χ2n) is 7.50. The summed E-state index contributed by atoms with van der Waals surface area (Å²) in [6.07, 6.45) is 2.28. The first-order valence-corrected chi connectivity index (χ1v) is 9.82. The summed E-state index contributed by atoms with van der Waals surface area (Å²) < 4.78 is 17.2. The van der Waals surface area contributed by atoms with Crippen LogP contribution in [0.4, 0.5) is 5.69 Å². The molecule has 4 rings (SSSR count). The first kappa shape index (κ1) is 18.5. The maximum absolute atomic E-state index is 6.50. The molecular weight excluding hydrogens is 362 g/mol. The fourth-order valence-corrected chi connectivity index (χ4v) is 4.89. The minimum atomic E-state index is 0.102. The molecule has 2 heterocycles. The van der Waals surface area contributed by atoms with Crippen LogP contribution in [0, 0.1) is 19.8 Å². The standard InChI is InChI=1S/C22H26ClNO3/c1-12-8-13(2)19-16(9-12)21-15(6-5-7-27-21)20(24-19)14-10-17(23)22(26-4)18(11-14)25-3/h8-11,15,20-21,24H,5-7H2,1-4H3/t15-,20-,21-/m0/s1. The summed E-state index contributed by atoms with van der Waals surface area (Å²) in [6, 6.07) is 8.61. The molecule has 0 amide bonds. The van der Waals surface area contributed by atoms with E-state index >= 15 is 0 Å². The molecule has 2 aromatic carbocycles. The van der Waals surface area contributed by atoms with Crippen LogP contribution >= 0.6 is 11.6 Å². The maximum Gasteiger partial charge on any atom is 0.179 e. The SMILES string of the molecule is COc1cc([C@@H]2Nc3c(C)cc(C)cc3[C@H]3OCCC[C@H]32)cc(Cl)c1OC. The third-order valence-electron chi connectivity index (χ3n) is 5.73. The molecule has 2 aliphatic heterocycles. The van der Waals surface area contributed by atoms with E-state index in [0.29, 0.717) is 22.4 Å². The average molecular weight is 388 g/mol. The number of ether oxygens (including phenoxy) is 3. The quantitative estimate of drug-likeness (QED) is 0.743. The molecule has 0 unspecified atom stereocenters. The molecule has 1 saturated heterocycles. The van der Waals surface area contributed by atoms with E-state index in [1.54, 1.807) is 14.2 Å². The zero-order chi connectivity index (χ0) is 19.1. The smallest absolute Gasteiger partial charge is 0.179 e. The van der Waals surface area contributed by atoms with Crippen LogP contribution in [0.15, 0.2) is 24.3 Å². The number of hydrogen-bond acceptors (Lipinski definition) is 4. The topological polar surface area (TPSA) is 39.7 Å². The van der Waals surface area contributed by atoms with Gasteiger partial charge in [-0.05, 0) is 49.9 Å². The van der Waals surface area contributed by atoms with E-state index in [9.17, 15) is 0 Å². The van der Waals surface area contributed by atoms with Crippen LogP contribution in [0.1, 0.15) is 47.2 Å². The van der Waals surface area contributed by atoms with Gasteiger partial charge in [-0.15, -0.1) is 0 Å². The zero-order valence-electron chi connectivity index (χ0n) is 16.3. The summed E-state index contributed by atoms with van der Waals surface area (Å²) in [6.45, 7) is 5.11. The molecule has 4 nitrogen and oxygen atoms in total. The first-order valence-electron chi connectivity index (χ1n) is 9.44. The number of nitrogens with one attached hydrogen (secondary N) is 1. The highest BCUT2D eigenvalue weighted by Crippen LogP contribution is 2.51. The highest BCUT2D eigenvalue weighted by molar-refractivity contribution is 6.32. The molecule has 0 aromatic heterocycles. The van der Waals surface area contributed by atoms with E-state index in [-0.39, 0.29) is 12.1 Å². The van der Waals surface area contributed by atoms with Crippen molar-refractivity contribution in [1.29, 1.82) is 0 Å². The Labute approximate surface area is 165 Å². The number of benzene rings is 2. The molecule has 0 saturated carbocycles. The minimum absolute atomic E-state index is 0.102. The molecule has 1 fully saturated rings. The van der Waals surface area contributed by atoms with Gasteiger partial charge < -0.3 is 19.5 Å². The second-order valence-corrected chi connectivity index (χ2v) is 7.91. The highest BCUT2D eigenvalue weighted by atomic mass is 35.5. The normalized spacial score (nSPS) is 23.8. The monoisotopic (exact) mass is 387 g/mol. The molecule has 3 atom stereocenters. The van der Waals surface area contributed by atoms with Crippen molar-refractivity contribution in [3.8, 4) is 11.5 Å². The number of methoxy groups -OCH3 is 2. The van der Waals surface area contributed by atoms with E-state index in [0.717, 1.165) is 25.0 Å². The van der Waals surface area contributed by atoms with Crippen LogP contribution < -0.4 is 14.8 Å². The van der Waals surface area contributed by atoms with Crippen LogP contribution in [-0.4, -0.2) is 20.8 Å². The zero-order valence-corrected chi connectivity index (χ0v) is 17.0. The highest BCUT2D eigenvalue weighted by Gasteiger charge is 2.40. The molecule has 2 aliphatic rings. The Morgan fingerprint density at radius 3 is 2.67 bits per heavy atom. The van der Waals surface area contributed by atoms with Gasteiger partial charge in [-0.2, -0.15) is 0 Å². The van der Waals surface area contributed by atoms with Gasteiger partial charge in [0.15, 0.2) is 11.5 Å². The predicted molar refractivity (Wildman–Crippen MR) is 108 cm³/mol. The number of anilines is 1. The molecule has 0 radical (unpaired) electrons. The van der Waals surface area contributed by atoms with Gasteiger partial charge in [0.05, 0.1) is 31.4 Å². The number of rotatable bonds is 3. The Kier molecular flexibility index (Phi) is 4.95. The number of fused-ring (bicyclic) bond motifs is 3. The fourth-order valence-electron chi connectivity index (χ4n) is 4.60. The largest absolute Gasteiger partial charge is 0.493 e. The van der Waals surface area contributed by atoms with Gasteiger partial charge in [-0.1, -0.05) is 29.3 Å². The summed E-state index contributed by atoms with van der Waals surface area (Å²) in [5.41, 5.74) is 6.08. The van der Waals surface area contributed by atoms with Crippen molar-refractivity contribution in [2.45, 2.75) is 38.8 Å². The fraction of sp³-hybridized carbons (Fsp3) is 0.455. The summed E-state index contributed by atoms with van der Waals surface area (Å²) in [4.78, 5) is 0. The van der Waals surface area contributed by atoms with Gasteiger partial charge in [-0.25, -0.2) is 0 Å². The molecule has 0 spiro atoms. The molecular formula is C22H26ClNO3. The van der Waals surface area contributed by atoms with Gasteiger partial charge in [-0.3, -0.25) is 0 Å². The summed E-state index contributed by atoms with van der Waals surface area (Å²) in [7, 11) is 3.25. The average Bonchev–Trinajstić information content (AvgIpc) is 2.66. The van der Waals surface area contributed by atoms with Gasteiger partial charge in [0.2, 0.25) is 0 Å². The Bertz CT molecular complexity index is 867. The summed E-state index contributed by atoms with van der Waals surface area (Å²) in [5, 5.41) is 4.35. The van der Waals surface area contributed by atoms with Crippen LogP contribution in [0.2, 0.25) is 5.02 Å². The Hall–Kier alpha value is -1.91. The van der Waals surface area contributed by atoms with Crippen LogP contribution in [0.5, 0.6) is 11.5 Å². The molecule has 144 valence electrons. The lowest BCUT2D eigenvalue weighted by atomic mass is 9.76. The van der Waals surface area contributed by atoms with Gasteiger partial charge in [0, 0.05) is 23.8 Å². The van der Waals surface area contributed by atoms with Crippen molar-refractivity contribution in [2.24, 2.45) is 5.92 Å². The van der Waals surface area contributed by atoms with Crippen molar-refractivity contribution >= 4 is 17.3 Å². The number of hydrogen-bond donors (Lipinski definition) is 1. The Morgan fingerprint density at radius 2 is 1.93 bits per heavy atom. The van der Waals surface area contributed by atoms with Gasteiger partial charge in [0.25, 0.3) is 0 Å². The predicted octanol–water partition coefficient (Wildman–Crippen LogP) is 5.61. The van der Waals surface area contributed by atoms with Crippen LogP contribution in [0.3, 0.4) is 0 Å². The van der Waals surface area contributed by atoms with Crippen molar-refractivity contribution in [2.75, 3.05) is 26.1 Å². The Balaban J connectivity index is 1.82. The Morgan fingerprint density at radius 1 is 1.11 bits per heavy atom. The number of halogens is 1. The third kappa shape index (κ3) is 3.15. The van der Waals surface area contributed by atoms with Gasteiger partial charge >= 0.3 is 0 Å².